The van der Waals surface area contributed by atoms with Gasteiger partial charge in [0.15, 0.2) is 5.72 Å². The van der Waals surface area contributed by atoms with Gasteiger partial charge in [-0.1, -0.05) is 72.4 Å². The number of rotatable bonds is 7. The van der Waals surface area contributed by atoms with Gasteiger partial charge in [0.2, 0.25) is 5.16 Å². The number of hydrogen-bond acceptors (Lipinski definition) is 7. The van der Waals surface area contributed by atoms with E-state index in [1.54, 1.807) is 18.9 Å². The fraction of sp³-hybridized carbons (Fsp3) is 0.381. The molecule has 7 nitrogen and oxygen atoms in total. The van der Waals surface area contributed by atoms with E-state index < -0.39 is 5.72 Å². The highest BCUT2D eigenvalue weighted by atomic mass is 32.2. The molecule has 1 aliphatic rings. The third-order valence-corrected chi connectivity index (χ3v) is 6.14. The number of benzene rings is 2. The van der Waals surface area contributed by atoms with Gasteiger partial charge in [-0.05, 0) is 28.7 Å². The van der Waals surface area contributed by atoms with Crippen molar-refractivity contribution in [1.82, 2.24) is 30.8 Å². The lowest BCUT2D eigenvalue weighted by atomic mass is 9.85. The van der Waals surface area contributed by atoms with Crippen molar-refractivity contribution in [3.8, 4) is 0 Å². The number of piperidine rings is 1. The third-order valence-electron chi connectivity index (χ3n) is 5.51. The van der Waals surface area contributed by atoms with Gasteiger partial charge < -0.3 is 10.1 Å². The number of methoxy groups -OCH3 is 1. The first-order chi connectivity index (χ1) is 14.3. The van der Waals surface area contributed by atoms with Crippen LogP contribution in [0.1, 0.15) is 23.6 Å². The first kappa shape index (κ1) is 20.0. The normalized spacial score (nSPS) is 24.5. The lowest BCUT2D eigenvalue weighted by Crippen LogP contribution is -2.63. The fourth-order valence-electron chi connectivity index (χ4n) is 4.03. The van der Waals surface area contributed by atoms with Crippen molar-refractivity contribution in [2.75, 3.05) is 19.9 Å². The van der Waals surface area contributed by atoms with Crippen LogP contribution in [0, 0.1) is 0 Å². The summed E-state index contributed by atoms with van der Waals surface area (Å²) in [6, 6.07) is 20.9. The van der Waals surface area contributed by atoms with Crippen LogP contribution in [0.25, 0.3) is 0 Å². The highest BCUT2D eigenvalue weighted by Crippen LogP contribution is 2.36. The smallest absolute Gasteiger partial charge is 0.209 e. The molecule has 0 bridgehead atoms. The quantitative estimate of drug-likeness (QED) is 0.580. The van der Waals surface area contributed by atoms with Crippen molar-refractivity contribution in [3.63, 3.8) is 0 Å². The summed E-state index contributed by atoms with van der Waals surface area (Å²) in [5, 5.41) is 20.4. The number of nitrogens with one attached hydrogen (secondary N) is 2. The highest BCUT2D eigenvalue weighted by Gasteiger charge is 2.46. The number of ether oxygens (including phenoxy) is 1. The van der Waals surface area contributed by atoms with Crippen molar-refractivity contribution in [2.24, 2.45) is 0 Å². The zero-order valence-corrected chi connectivity index (χ0v) is 17.5. The van der Waals surface area contributed by atoms with E-state index in [1.807, 2.05) is 35.2 Å². The second-order valence-electron chi connectivity index (χ2n) is 7.11. The van der Waals surface area contributed by atoms with Crippen LogP contribution in [-0.4, -0.2) is 46.2 Å². The molecule has 1 saturated heterocycles. The van der Waals surface area contributed by atoms with Crippen LogP contribution in [-0.2, 0) is 17.0 Å². The van der Waals surface area contributed by atoms with E-state index in [4.69, 9.17) is 4.74 Å². The van der Waals surface area contributed by atoms with Gasteiger partial charge in [-0.2, -0.15) is 0 Å². The van der Waals surface area contributed by atoms with Gasteiger partial charge in [0.1, 0.15) is 0 Å². The summed E-state index contributed by atoms with van der Waals surface area (Å²) in [5.74, 6) is 0. The molecule has 4 rings (SSSR count). The topological polar surface area (TPSA) is 76.9 Å². The maximum Gasteiger partial charge on any atom is 0.209 e. The molecule has 0 radical (unpaired) electrons. The molecule has 2 N–H and O–H groups in total. The van der Waals surface area contributed by atoms with Crippen molar-refractivity contribution in [3.05, 3.63) is 71.8 Å². The summed E-state index contributed by atoms with van der Waals surface area (Å²) in [7, 11) is 1.77. The number of aromatic nitrogens is 4. The molecule has 0 amide bonds. The second-order valence-corrected chi connectivity index (χ2v) is 7.88. The number of nitrogens with zero attached hydrogens (tertiary/aromatic N) is 4. The summed E-state index contributed by atoms with van der Waals surface area (Å²) < 4.78 is 8.06. The predicted molar refractivity (Wildman–Crippen MR) is 113 cm³/mol. The van der Waals surface area contributed by atoms with Crippen molar-refractivity contribution in [2.45, 2.75) is 35.9 Å². The van der Waals surface area contributed by atoms with Crippen molar-refractivity contribution >= 4 is 11.8 Å². The van der Waals surface area contributed by atoms with E-state index in [-0.39, 0.29) is 12.1 Å². The van der Waals surface area contributed by atoms with Crippen LogP contribution >= 0.6 is 11.8 Å². The van der Waals surface area contributed by atoms with Crippen molar-refractivity contribution < 1.29 is 4.74 Å². The zero-order chi connectivity index (χ0) is 20.1. The minimum atomic E-state index is -0.625. The zero-order valence-electron chi connectivity index (χ0n) is 16.7. The molecule has 0 aliphatic carbocycles. The van der Waals surface area contributed by atoms with E-state index in [2.05, 4.69) is 62.6 Å². The number of hydrogen-bond donors (Lipinski definition) is 2. The molecule has 152 valence electrons. The van der Waals surface area contributed by atoms with Gasteiger partial charge in [0.25, 0.3) is 0 Å². The van der Waals surface area contributed by atoms with E-state index >= 15 is 0 Å². The molecule has 3 atom stereocenters. The summed E-state index contributed by atoms with van der Waals surface area (Å²) in [5.41, 5.74) is 1.72. The molecule has 3 aromatic rings. The molecule has 0 spiro atoms. The summed E-state index contributed by atoms with van der Waals surface area (Å²) in [6.45, 7) is 1.47. The molecule has 0 saturated carbocycles. The SMILES string of the molecule is CO[C@]1(c2ccccc2)NCC(n2nnnc2SC)C[C@@H]1NCc1ccccc1. The van der Waals surface area contributed by atoms with Crippen LogP contribution in [0.5, 0.6) is 0 Å². The summed E-state index contributed by atoms with van der Waals surface area (Å²) in [6.07, 6.45) is 2.83. The summed E-state index contributed by atoms with van der Waals surface area (Å²) in [4.78, 5) is 0. The van der Waals surface area contributed by atoms with Gasteiger partial charge in [-0.25, -0.2) is 4.68 Å². The predicted octanol–water partition coefficient (Wildman–Crippen LogP) is 2.59. The van der Waals surface area contributed by atoms with Crippen LogP contribution < -0.4 is 10.6 Å². The Bertz CT molecular complexity index is 906. The lowest BCUT2D eigenvalue weighted by molar-refractivity contribution is -0.0994. The first-order valence-electron chi connectivity index (χ1n) is 9.71. The number of tetrazole rings is 1. The Morgan fingerprint density at radius 1 is 1.17 bits per heavy atom. The molecule has 8 heteroatoms. The fourth-order valence-corrected chi connectivity index (χ4v) is 4.53. The number of thioether (sulfide) groups is 1. The molecule has 29 heavy (non-hydrogen) atoms. The highest BCUT2D eigenvalue weighted by molar-refractivity contribution is 7.98. The average Bonchev–Trinajstić information content (AvgIpc) is 3.28. The standard InChI is InChI=1S/C21H26N6OS/c1-28-21(17-11-7-4-8-12-17)19(22-14-16-9-5-3-6-10-16)13-18(15-23-21)27-20(29-2)24-25-26-27/h3-12,18-19,22-23H,13-15H2,1-2H3/t18?,19-,21-/m0/s1. The second kappa shape index (κ2) is 9.04. The Morgan fingerprint density at radius 2 is 1.90 bits per heavy atom. The Balaban J connectivity index is 1.63. The molecule has 2 heterocycles. The Morgan fingerprint density at radius 3 is 2.59 bits per heavy atom. The van der Waals surface area contributed by atoms with Gasteiger partial charge in [0, 0.05) is 25.8 Å². The monoisotopic (exact) mass is 410 g/mol. The lowest BCUT2D eigenvalue weighted by Gasteiger charge is -2.47. The molecule has 1 aromatic heterocycles. The largest absolute Gasteiger partial charge is 0.358 e. The molecule has 2 aromatic carbocycles. The minimum Gasteiger partial charge on any atom is -0.358 e. The van der Waals surface area contributed by atoms with Gasteiger partial charge in [-0.3, -0.25) is 5.32 Å². The maximum atomic E-state index is 6.15. The van der Waals surface area contributed by atoms with E-state index in [9.17, 15) is 0 Å². The molecular formula is C21H26N6OS. The van der Waals surface area contributed by atoms with E-state index in [1.165, 1.54) is 5.56 Å². The van der Waals surface area contributed by atoms with Crippen molar-refractivity contribution in [1.29, 1.82) is 0 Å². The minimum absolute atomic E-state index is 0.0211. The van der Waals surface area contributed by atoms with E-state index in [0.29, 0.717) is 6.54 Å². The summed E-state index contributed by atoms with van der Waals surface area (Å²) >= 11 is 1.56. The van der Waals surface area contributed by atoms with Crippen LogP contribution in [0.3, 0.4) is 0 Å². The molecule has 1 fully saturated rings. The first-order valence-corrected chi connectivity index (χ1v) is 10.9. The maximum absolute atomic E-state index is 6.15. The average molecular weight is 411 g/mol. The molecule has 1 aliphatic heterocycles. The molecular weight excluding hydrogens is 384 g/mol. The van der Waals surface area contributed by atoms with Crippen LogP contribution in [0.4, 0.5) is 0 Å². The van der Waals surface area contributed by atoms with Gasteiger partial charge in [0.05, 0.1) is 12.1 Å². The van der Waals surface area contributed by atoms with Crippen LogP contribution in [0.2, 0.25) is 0 Å². The molecule has 1 unspecified atom stereocenters. The Hall–Kier alpha value is -2.26. The van der Waals surface area contributed by atoms with Crippen LogP contribution in [0.15, 0.2) is 65.8 Å². The Kier molecular flexibility index (Phi) is 6.25. The Labute approximate surface area is 175 Å². The van der Waals surface area contributed by atoms with E-state index in [0.717, 1.165) is 23.7 Å². The third kappa shape index (κ3) is 4.06. The van der Waals surface area contributed by atoms with Gasteiger partial charge in [-0.15, -0.1) is 5.10 Å². The van der Waals surface area contributed by atoms with Gasteiger partial charge >= 0.3 is 0 Å².